The fourth-order valence-corrected chi connectivity index (χ4v) is 2.54. The minimum atomic E-state index is -2.82. The molecule has 0 saturated carbocycles. The lowest BCUT2D eigenvalue weighted by Crippen LogP contribution is -2.46. The molecule has 1 aromatic carbocycles. The Bertz CT molecular complexity index is 831. The van der Waals surface area contributed by atoms with Crippen molar-refractivity contribution in [3.8, 4) is 5.75 Å². The summed E-state index contributed by atoms with van der Waals surface area (Å²) >= 11 is 0. The number of rotatable bonds is 10. The van der Waals surface area contributed by atoms with Gasteiger partial charge in [0.2, 0.25) is 9.03 Å². The molecule has 0 saturated heterocycles. The third-order valence-corrected chi connectivity index (χ3v) is 4.06. The summed E-state index contributed by atoms with van der Waals surface area (Å²) in [5, 5.41) is 9.71. The molecule has 0 spiro atoms. The van der Waals surface area contributed by atoms with Crippen LogP contribution in [0.4, 0.5) is 8.78 Å². The third-order valence-electron chi connectivity index (χ3n) is 3.48. The zero-order valence-electron chi connectivity index (χ0n) is 14.3. The van der Waals surface area contributed by atoms with Gasteiger partial charge in [-0.3, -0.25) is 14.3 Å². The van der Waals surface area contributed by atoms with Gasteiger partial charge in [-0.05, 0) is 19.1 Å². The lowest BCUT2D eigenvalue weighted by atomic mass is 10.2. The van der Waals surface area contributed by atoms with Gasteiger partial charge >= 0.3 is 5.69 Å². The van der Waals surface area contributed by atoms with E-state index in [0.29, 0.717) is 10.3 Å². The number of ether oxygens (including phenoxy) is 1. The van der Waals surface area contributed by atoms with Crippen LogP contribution < -0.4 is 15.8 Å². The van der Waals surface area contributed by atoms with E-state index in [9.17, 15) is 23.5 Å². The Labute approximate surface area is 154 Å². The Morgan fingerprint density at radius 2 is 2.00 bits per heavy atom. The lowest BCUT2D eigenvalue weighted by Gasteiger charge is -2.31. The van der Waals surface area contributed by atoms with E-state index in [1.807, 2.05) is 4.98 Å². The first kappa shape index (κ1) is 21.2. The number of aliphatic hydroxyl groups excluding tert-OH is 1. The molecule has 4 atom stereocenters. The summed E-state index contributed by atoms with van der Waals surface area (Å²) in [5.74, 6) is -2.32. The quantitative estimate of drug-likeness (QED) is 0.461. The molecule has 2 N–H and O–H groups in total. The number of nitrogens with zero attached hydrogens (tertiary/aromatic N) is 1. The van der Waals surface area contributed by atoms with Gasteiger partial charge in [0.05, 0.1) is 0 Å². The van der Waals surface area contributed by atoms with Crippen LogP contribution in [0.25, 0.3) is 0 Å². The zero-order chi connectivity index (χ0) is 19.9. The smallest absolute Gasteiger partial charge is 0.330 e. The Morgan fingerprint density at radius 1 is 1.30 bits per heavy atom. The minimum absolute atomic E-state index is 0.500. The Kier molecular flexibility index (Phi) is 7.61. The van der Waals surface area contributed by atoms with E-state index in [2.05, 4.69) is 0 Å². The average Bonchev–Trinajstić information content (AvgIpc) is 2.64. The fourth-order valence-electron chi connectivity index (χ4n) is 1.99. The molecule has 0 bridgehead atoms. The number of para-hydroxylation sites is 1. The van der Waals surface area contributed by atoms with Crippen LogP contribution in [0.3, 0.4) is 0 Å². The molecule has 0 aliphatic heterocycles. The SMILES string of the molecule is C[C@H](O)[C@@](F)(COPOc1ccccc1)O[C@H](CF)n1ccc(=O)[nH]c1=O. The van der Waals surface area contributed by atoms with Crippen LogP contribution in [0.15, 0.2) is 52.2 Å². The van der Waals surface area contributed by atoms with Gasteiger partial charge in [0, 0.05) is 12.3 Å². The van der Waals surface area contributed by atoms with Crippen molar-refractivity contribution in [2.75, 3.05) is 13.3 Å². The third kappa shape index (κ3) is 5.93. The summed E-state index contributed by atoms with van der Waals surface area (Å²) in [6, 6.07) is 9.58. The van der Waals surface area contributed by atoms with E-state index >= 15 is 0 Å². The van der Waals surface area contributed by atoms with Gasteiger partial charge in [0.15, 0.2) is 6.23 Å². The number of aromatic amines is 1. The molecule has 0 aliphatic carbocycles. The molecule has 0 fully saturated rings. The molecule has 1 aromatic heterocycles. The van der Waals surface area contributed by atoms with Crippen molar-refractivity contribution < 1.29 is 27.7 Å². The number of aromatic nitrogens is 2. The van der Waals surface area contributed by atoms with Crippen LogP contribution in [0.2, 0.25) is 0 Å². The molecule has 148 valence electrons. The van der Waals surface area contributed by atoms with E-state index < -0.39 is 51.8 Å². The Balaban J connectivity index is 2.02. The summed E-state index contributed by atoms with van der Waals surface area (Å²) in [6.07, 6.45) is -2.45. The molecular formula is C16H19F2N2O6P. The predicted octanol–water partition coefficient (Wildman–Crippen LogP) is 1.67. The van der Waals surface area contributed by atoms with E-state index in [0.717, 1.165) is 19.2 Å². The van der Waals surface area contributed by atoms with Crippen LogP contribution in [0.5, 0.6) is 5.75 Å². The van der Waals surface area contributed by atoms with E-state index in [4.69, 9.17) is 13.8 Å². The summed E-state index contributed by atoms with van der Waals surface area (Å²) in [6.45, 7) is -0.965. The first-order valence-corrected chi connectivity index (χ1v) is 8.68. The summed E-state index contributed by atoms with van der Waals surface area (Å²) in [7, 11) is -0.605. The lowest BCUT2D eigenvalue weighted by molar-refractivity contribution is -0.259. The second-order valence-electron chi connectivity index (χ2n) is 5.49. The second-order valence-corrected chi connectivity index (χ2v) is 6.15. The van der Waals surface area contributed by atoms with Gasteiger partial charge in [-0.2, -0.15) is 0 Å². The number of hydrogen-bond donors (Lipinski definition) is 2. The number of aliphatic hydroxyl groups is 1. The number of hydrogen-bond acceptors (Lipinski definition) is 6. The summed E-state index contributed by atoms with van der Waals surface area (Å²) < 4.78 is 44.3. The maximum atomic E-state index is 15.0. The number of nitrogens with one attached hydrogen (secondary N) is 1. The van der Waals surface area contributed by atoms with Crippen molar-refractivity contribution in [3.05, 3.63) is 63.4 Å². The molecule has 1 heterocycles. The van der Waals surface area contributed by atoms with E-state index in [1.54, 1.807) is 30.3 Å². The van der Waals surface area contributed by atoms with Gasteiger partial charge in [-0.15, -0.1) is 0 Å². The topological polar surface area (TPSA) is 103 Å². The van der Waals surface area contributed by atoms with Crippen molar-refractivity contribution in [2.45, 2.75) is 25.1 Å². The fraction of sp³-hybridized carbons (Fsp3) is 0.375. The normalized spacial score (nSPS) is 16.1. The zero-order valence-corrected chi connectivity index (χ0v) is 15.3. The van der Waals surface area contributed by atoms with Crippen molar-refractivity contribution in [2.24, 2.45) is 0 Å². The van der Waals surface area contributed by atoms with Crippen LogP contribution in [0.1, 0.15) is 13.2 Å². The van der Waals surface area contributed by atoms with Gasteiger partial charge in [0.1, 0.15) is 25.1 Å². The van der Waals surface area contributed by atoms with Crippen LogP contribution in [0, 0.1) is 0 Å². The average molecular weight is 404 g/mol. The molecular weight excluding hydrogens is 385 g/mol. The first-order chi connectivity index (χ1) is 12.9. The van der Waals surface area contributed by atoms with E-state index in [1.165, 1.54) is 0 Å². The highest BCUT2D eigenvalue weighted by Crippen LogP contribution is 2.29. The van der Waals surface area contributed by atoms with Crippen molar-refractivity contribution >= 4 is 9.03 Å². The largest absolute Gasteiger partial charge is 0.450 e. The number of halogens is 2. The number of benzene rings is 1. The van der Waals surface area contributed by atoms with E-state index in [-0.39, 0.29) is 0 Å². The first-order valence-electron chi connectivity index (χ1n) is 7.86. The molecule has 8 nitrogen and oxygen atoms in total. The van der Waals surface area contributed by atoms with Crippen molar-refractivity contribution in [1.29, 1.82) is 0 Å². The maximum absolute atomic E-state index is 15.0. The van der Waals surface area contributed by atoms with Crippen LogP contribution in [-0.2, 0) is 9.26 Å². The highest BCUT2D eigenvalue weighted by atomic mass is 31.1. The maximum Gasteiger partial charge on any atom is 0.330 e. The monoisotopic (exact) mass is 404 g/mol. The summed E-state index contributed by atoms with van der Waals surface area (Å²) in [5.41, 5.74) is -1.67. The van der Waals surface area contributed by atoms with Crippen molar-refractivity contribution in [1.82, 2.24) is 9.55 Å². The van der Waals surface area contributed by atoms with Gasteiger partial charge in [-0.1, -0.05) is 18.2 Å². The van der Waals surface area contributed by atoms with Gasteiger partial charge in [-0.25, -0.2) is 13.6 Å². The Morgan fingerprint density at radius 3 is 2.59 bits per heavy atom. The standard InChI is InChI=1S/C16H19F2N2O6P/c1-11(21)16(18,10-24-27-26-12-5-3-2-4-6-12)25-14(9-17)20-8-7-13(22)19-15(20)23/h2-8,11,14,21,27H,9-10H2,1H3,(H,19,22,23)/t11-,14+,16+/m0/s1. The minimum Gasteiger partial charge on any atom is -0.450 e. The number of alkyl halides is 2. The molecule has 0 radical (unpaired) electrons. The highest BCUT2D eigenvalue weighted by Gasteiger charge is 2.40. The number of H-pyrrole nitrogens is 1. The molecule has 0 amide bonds. The van der Waals surface area contributed by atoms with Gasteiger partial charge < -0.3 is 18.9 Å². The predicted molar refractivity (Wildman–Crippen MR) is 94.3 cm³/mol. The molecule has 2 aromatic rings. The molecule has 11 heteroatoms. The van der Waals surface area contributed by atoms with Crippen molar-refractivity contribution in [3.63, 3.8) is 0 Å². The molecule has 2 rings (SSSR count). The molecule has 0 aliphatic rings. The Hall–Kier alpha value is -2.13. The van der Waals surface area contributed by atoms with Crippen LogP contribution >= 0.6 is 9.03 Å². The van der Waals surface area contributed by atoms with Gasteiger partial charge in [0.25, 0.3) is 11.4 Å². The highest BCUT2D eigenvalue weighted by molar-refractivity contribution is 7.26. The second kappa shape index (κ2) is 9.70. The summed E-state index contributed by atoms with van der Waals surface area (Å²) in [4.78, 5) is 24.7. The van der Waals surface area contributed by atoms with Crippen LogP contribution in [-0.4, -0.2) is 39.9 Å². The molecule has 27 heavy (non-hydrogen) atoms. The molecule has 1 unspecified atom stereocenters.